The lowest BCUT2D eigenvalue weighted by Gasteiger charge is -2.14. The lowest BCUT2D eigenvalue weighted by atomic mass is 10.1. The van der Waals surface area contributed by atoms with E-state index in [-0.39, 0.29) is 39.4 Å². The number of nitrogens with one attached hydrogen (secondary N) is 1. The van der Waals surface area contributed by atoms with Gasteiger partial charge in [-0.1, -0.05) is 32.0 Å². The zero-order valence-corrected chi connectivity index (χ0v) is 17.1. The smallest absolute Gasteiger partial charge is 0.325 e. The zero-order valence-electron chi connectivity index (χ0n) is 16.3. The van der Waals surface area contributed by atoms with Crippen molar-refractivity contribution in [2.24, 2.45) is 20.0 Å². The van der Waals surface area contributed by atoms with Gasteiger partial charge in [0, 0.05) is 20.5 Å². The summed E-state index contributed by atoms with van der Waals surface area (Å²) in [6, 6.07) is 11.0. The van der Waals surface area contributed by atoms with Crippen molar-refractivity contribution < 1.29 is 13.2 Å². The molecular formula is C20H23N3O4S. The molecule has 0 aliphatic rings. The Hall–Kier alpha value is -2.87. The van der Waals surface area contributed by atoms with Gasteiger partial charge in [0.05, 0.1) is 26.5 Å². The molecule has 0 aliphatic heterocycles. The number of benzene rings is 2. The molecule has 1 N–H and O–H groups in total. The molecule has 0 radical (unpaired) electrons. The molecule has 7 nitrogen and oxygen atoms in total. The fraction of sp³-hybridized carbons (Fsp3) is 0.300. The third kappa shape index (κ3) is 3.47. The summed E-state index contributed by atoms with van der Waals surface area (Å²) in [5.41, 5.74) is 0.912. The van der Waals surface area contributed by atoms with Gasteiger partial charge in [0.25, 0.3) is 0 Å². The molecule has 0 bridgehead atoms. The molecule has 0 saturated heterocycles. The Morgan fingerprint density at radius 2 is 1.61 bits per heavy atom. The number of hydrogen-bond acceptors (Lipinski definition) is 4. The van der Waals surface area contributed by atoms with Crippen LogP contribution in [0.25, 0.3) is 11.0 Å². The molecule has 1 heterocycles. The number of rotatable bonds is 5. The zero-order chi connectivity index (χ0) is 20.6. The quantitative estimate of drug-likeness (QED) is 0.712. The summed E-state index contributed by atoms with van der Waals surface area (Å²) in [5.74, 6) is -0.154. The topological polar surface area (TPSA) is 90.2 Å². The van der Waals surface area contributed by atoms with Crippen LogP contribution in [0.4, 0.5) is 5.69 Å². The van der Waals surface area contributed by atoms with Gasteiger partial charge in [-0.2, -0.15) is 0 Å². The predicted molar refractivity (Wildman–Crippen MR) is 108 cm³/mol. The molecule has 0 spiro atoms. The average molecular weight is 401 g/mol. The van der Waals surface area contributed by atoms with E-state index < -0.39 is 9.84 Å². The van der Waals surface area contributed by atoms with E-state index in [1.165, 1.54) is 27.3 Å². The number of imidazole rings is 1. The molecule has 8 heteroatoms. The monoisotopic (exact) mass is 401 g/mol. The van der Waals surface area contributed by atoms with Gasteiger partial charge in [-0.05, 0) is 30.2 Å². The van der Waals surface area contributed by atoms with Gasteiger partial charge in [-0.25, -0.2) is 13.2 Å². The summed E-state index contributed by atoms with van der Waals surface area (Å²) in [5, 5.41) is 2.72. The number of aromatic nitrogens is 2. The van der Waals surface area contributed by atoms with Crippen LogP contribution in [0.5, 0.6) is 0 Å². The van der Waals surface area contributed by atoms with E-state index in [1.54, 1.807) is 38.4 Å². The first kappa shape index (κ1) is 19.9. The maximum Gasteiger partial charge on any atom is 0.328 e. The molecule has 0 fully saturated rings. The second kappa shape index (κ2) is 7.27. The van der Waals surface area contributed by atoms with E-state index in [0.717, 1.165) is 0 Å². The summed E-state index contributed by atoms with van der Waals surface area (Å²) in [6.45, 7) is 3.82. The first-order valence-corrected chi connectivity index (χ1v) is 10.4. The van der Waals surface area contributed by atoms with Crippen molar-refractivity contribution in [3.63, 3.8) is 0 Å². The first-order chi connectivity index (χ1) is 13.1. The highest BCUT2D eigenvalue weighted by atomic mass is 32.2. The van der Waals surface area contributed by atoms with Crippen LogP contribution in [-0.4, -0.2) is 23.5 Å². The number of amides is 1. The van der Waals surface area contributed by atoms with Gasteiger partial charge in [0.15, 0.2) is 0 Å². The molecule has 0 atom stereocenters. The molecule has 3 rings (SSSR count). The van der Waals surface area contributed by atoms with Crippen LogP contribution >= 0.6 is 0 Å². The Balaban J connectivity index is 2.27. The van der Waals surface area contributed by atoms with Crippen molar-refractivity contribution >= 4 is 32.5 Å². The molecular weight excluding hydrogens is 378 g/mol. The van der Waals surface area contributed by atoms with Gasteiger partial charge in [0.1, 0.15) is 0 Å². The van der Waals surface area contributed by atoms with E-state index in [2.05, 4.69) is 5.32 Å². The fourth-order valence-corrected chi connectivity index (χ4v) is 4.58. The van der Waals surface area contributed by atoms with Crippen LogP contribution in [0.15, 0.2) is 57.1 Å². The number of anilines is 1. The molecule has 1 aromatic heterocycles. The highest BCUT2D eigenvalue weighted by molar-refractivity contribution is 7.91. The number of carbonyl (C=O) groups excluding carboxylic acids is 1. The number of carbonyl (C=O) groups is 1. The molecule has 0 aliphatic carbocycles. The van der Waals surface area contributed by atoms with Crippen molar-refractivity contribution in [1.82, 2.24) is 9.13 Å². The van der Waals surface area contributed by atoms with E-state index in [4.69, 9.17) is 0 Å². The Bertz CT molecular complexity index is 1210. The Labute approximate surface area is 163 Å². The van der Waals surface area contributed by atoms with Crippen molar-refractivity contribution in [1.29, 1.82) is 0 Å². The Morgan fingerprint density at radius 3 is 2.18 bits per heavy atom. The van der Waals surface area contributed by atoms with Gasteiger partial charge >= 0.3 is 5.69 Å². The van der Waals surface area contributed by atoms with Crippen molar-refractivity contribution in [3.05, 3.63) is 52.9 Å². The summed E-state index contributed by atoms with van der Waals surface area (Å²) in [4.78, 5) is 24.7. The van der Waals surface area contributed by atoms with Crippen molar-refractivity contribution in [2.45, 2.75) is 30.1 Å². The molecule has 0 saturated carbocycles. The van der Waals surface area contributed by atoms with Crippen LogP contribution in [0, 0.1) is 5.92 Å². The third-order valence-electron chi connectivity index (χ3n) is 4.58. The number of sulfone groups is 1. The van der Waals surface area contributed by atoms with Crippen molar-refractivity contribution in [2.75, 3.05) is 5.32 Å². The minimum absolute atomic E-state index is 0.0375. The van der Waals surface area contributed by atoms with Crippen LogP contribution in [0.3, 0.4) is 0 Å². The SMILES string of the molecule is CC(C)CC(=O)Nc1cc2c(cc1S(=O)(=O)c1ccccc1)n(C)c(=O)n2C. The summed E-state index contributed by atoms with van der Waals surface area (Å²) in [7, 11) is -0.704. The van der Waals surface area contributed by atoms with Crippen LogP contribution in [0.1, 0.15) is 20.3 Å². The minimum Gasteiger partial charge on any atom is -0.325 e. The number of fused-ring (bicyclic) bond motifs is 1. The number of aryl methyl sites for hydroxylation is 2. The van der Waals surface area contributed by atoms with Gasteiger partial charge in [0.2, 0.25) is 15.7 Å². The molecule has 148 valence electrons. The maximum absolute atomic E-state index is 13.3. The molecule has 2 aromatic carbocycles. The molecule has 3 aromatic rings. The fourth-order valence-electron chi connectivity index (χ4n) is 3.14. The van der Waals surface area contributed by atoms with Crippen LogP contribution in [0.2, 0.25) is 0 Å². The molecule has 0 unspecified atom stereocenters. The summed E-state index contributed by atoms with van der Waals surface area (Å²) >= 11 is 0. The van der Waals surface area contributed by atoms with Crippen molar-refractivity contribution in [3.8, 4) is 0 Å². The van der Waals surface area contributed by atoms with Crippen LogP contribution in [-0.2, 0) is 28.7 Å². The van der Waals surface area contributed by atoms with E-state index in [0.29, 0.717) is 11.0 Å². The average Bonchev–Trinajstić information content (AvgIpc) is 2.85. The normalized spacial score (nSPS) is 11.9. The second-order valence-electron chi connectivity index (χ2n) is 7.20. The minimum atomic E-state index is -3.89. The summed E-state index contributed by atoms with van der Waals surface area (Å²) < 4.78 is 29.3. The number of hydrogen-bond donors (Lipinski definition) is 1. The maximum atomic E-state index is 13.3. The number of nitrogens with zero attached hydrogens (tertiary/aromatic N) is 2. The van der Waals surface area contributed by atoms with Gasteiger partial charge < -0.3 is 5.32 Å². The molecule has 28 heavy (non-hydrogen) atoms. The molecule has 1 amide bonds. The van der Waals surface area contributed by atoms with Gasteiger partial charge in [-0.15, -0.1) is 0 Å². The van der Waals surface area contributed by atoms with E-state index >= 15 is 0 Å². The first-order valence-electron chi connectivity index (χ1n) is 8.92. The summed E-state index contributed by atoms with van der Waals surface area (Å²) in [6.07, 6.45) is 0.260. The Kier molecular flexibility index (Phi) is 5.16. The van der Waals surface area contributed by atoms with Crippen LogP contribution < -0.4 is 11.0 Å². The van der Waals surface area contributed by atoms with Gasteiger partial charge in [-0.3, -0.25) is 13.9 Å². The third-order valence-corrected chi connectivity index (χ3v) is 6.39. The lowest BCUT2D eigenvalue weighted by molar-refractivity contribution is -0.116. The predicted octanol–water partition coefficient (Wildman–Crippen LogP) is 2.69. The highest BCUT2D eigenvalue weighted by Crippen LogP contribution is 2.32. The van der Waals surface area contributed by atoms with E-state index in [9.17, 15) is 18.0 Å². The standard InChI is InChI=1S/C20H23N3O4S/c1-13(2)10-19(24)21-15-11-16-17(23(4)20(25)22(16)3)12-18(15)28(26,27)14-8-6-5-7-9-14/h5-9,11-13H,10H2,1-4H3,(H,21,24). The Morgan fingerprint density at radius 1 is 1.04 bits per heavy atom. The highest BCUT2D eigenvalue weighted by Gasteiger charge is 2.25. The second-order valence-corrected chi connectivity index (χ2v) is 9.12. The van der Waals surface area contributed by atoms with E-state index in [1.807, 2.05) is 13.8 Å². The largest absolute Gasteiger partial charge is 0.328 e. The lowest BCUT2D eigenvalue weighted by Crippen LogP contribution is -2.19.